The highest BCUT2D eigenvalue weighted by molar-refractivity contribution is 5.59. The van der Waals surface area contributed by atoms with E-state index in [9.17, 15) is 13.2 Å². The van der Waals surface area contributed by atoms with Crippen LogP contribution >= 0.6 is 0 Å². The first kappa shape index (κ1) is 19.3. The van der Waals surface area contributed by atoms with Crippen molar-refractivity contribution in [3.05, 3.63) is 65.2 Å². The number of benzene rings is 2. The molecule has 150 valence electrons. The van der Waals surface area contributed by atoms with Gasteiger partial charge in [-0.1, -0.05) is 30.3 Å². The molecule has 2 aromatic rings. The second-order valence-electron chi connectivity index (χ2n) is 7.80. The molecule has 6 heteroatoms. The van der Waals surface area contributed by atoms with Crippen LogP contribution < -0.4 is 10.6 Å². The second-order valence-corrected chi connectivity index (χ2v) is 7.80. The zero-order chi connectivity index (χ0) is 19.7. The number of halogens is 3. The standard InChI is InChI=1S/C22H25F3N2O/c23-22(24,25)15-7-8-20-18(11-15)17-12-16(26-9-4-10-28)13-19(17)21(27-20)14-5-2-1-3-6-14/h1-3,5-8,11,16-17,19,21,26-28H,4,9-10,12-13H2/t16-,17+,19+,21-/m0/s1. The third-order valence-corrected chi connectivity index (χ3v) is 6.06. The Labute approximate surface area is 163 Å². The Kier molecular flexibility index (Phi) is 5.34. The summed E-state index contributed by atoms with van der Waals surface area (Å²) >= 11 is 0. The molecule has 1 aliphatic heterocycles. The van der Waals surface area contributed by atoms with Crippen molar-refractivity contribution in [3.63, 3.8) is 0 Å². The number of aliphatic hydroxyl groups is 1. The fourth-order valence-electron chi connectivity index (χ4n) is 4.79. The summed E-state index contributed by atoms with van der Waals surface area (Å²) < 4.78 is 39.8. The van der Waals surface area contributed by atoms with Crippen LogP contribution in [0.4, 0.5) is 18.9 Å². The Morgan fingerprint density at radius 3 is 2.57 bits per heavy atom. The smallest absolute Gasteiger partial charge is 0.396 e. The Hall–Kier alpha value is -2.05. The third kappa shape index (κ3) is 3.76. The lowest BCUT2D eigenvalue weighted by Gasteiger charge is -2.38. The lowest BCUT2D eigenvalue weighted by atomic mass is 9.77. The van der Waals surface area contributed by atoms with E-state index < -0.39 is 11.7 Å². The maximum absolute atomic E-state index is 13.3. The minimum Gasteiger partial charge on any atom is -0.396 e. The molecule has 3 nitrogen and oxygen atoms in total. The number of aliphatic hydroxyl groups excluding tert-OH is 1. The van der Waals surface area contributed by atoms with Gasteiger partial charge in [0.1, 0.15) is 0 Å². The Morgan fingerprint density at radius 2 is 1.86 bits per heavy atom. The molecule has 0 bridgehead atoms. The summed E-state index contributed by atoms with van der Waals surface area (Å²) in [7, 11) is 0. The quantitative estimate of drug-likeness (QED) is 0.648. The predicted octanol–water partition coefficient (Wildman–Crippen LogP) is 4.71. The summed E-state index contributed by atoms with van der Waals surface area (Å²) in [5.41, 5.74) is 2.17. The number of nitrogens with one attached hydrogen (secondary N) is 2. The van der Waals surface area contributed by atoms with E-state index in [1.54, 1.807) is 6.07 Å². The third-order valence-electron chi connectivity index (χ3n) is 6.06. The summed E-state index contributed by atoms with van der Waals surface area (Å²) in [5, 5.41) is 16.0. The van der Waals surface area contributed by atoms with Crippen LogP contribution in [0.15, 0.2) is 48.5 Å². The van der Waals surface area contributed by atoms with Gasteiger partial charge in [0.25, 0.3) is 0 Å². The lowest BCUT2D eigenvalue weighted by molar-refractivity contribution is -0.137. The van der Waals surface area contributed by atoms with Crippen LogP contribution in [0.5, 0.6) is 0 Å². The first-order chi connectivity index (χ1) is 13.5. The van der Waals surface area contributed by atoms with Gasteiger partial charge in [0, 0.05) is 18.3 Å². The summed E-state index contributed by atoms with van der Waals surface area (Å²) in [5.74, 6) is 0.306. The fourth-order valence-corrected chi connectivity index (χ4v) is 4.79. The van der Waals surface area contributed by atoms with Crippen molar-refractivity contribution in [2.24, 2.45) is 5.92 Å². The topological polar surface area (TPSA) is 44.3 Å². The minimum atomic E-state index is -4.34. The van der Waals surface area contributed by atoms with Crippen LogP contribution in [0.2, 0.25) is 0 Å². The average Bonchev–Trinajstić information content (AvgIpc) is 3.11. The van der Waals surface area contributed by atoms with Crippen molar-refractivity contribution in [1.82, 2.24) is 5.32 Å². The van der Waals surface area contributed by atoms with Crippen LogP contribution in [0, 0.1) is 5.92 Å². The summed E-state index contributed by atoms with van der Waals surface area (Å²) in [6, 6.07) is 14.5. The molecule has 1 heterocycles. The molecule has 1 fully saturated rings. The summed E-state index contributed by atoms with van der Waals surface area (Å²) in [6.07, 6.45) is -1.94. The number of alkyl halides is 3. The fraction of sp³-hybridized carbons (Fsp3) is 0.455. The van der Waals surface area contributed by atoms with Crippen molar-refractivity contribution >= 4 is 5.69 Å². The van der Waals surface area contributed by atoms with Crippen molar-refractivity contribution < 1.29 is 18.3 Å². The second kappa shape index (κ2) is 7.76. The molecule has 4 atom stereocenters. The first-order valence-corrected chi connectivity index (χ1v) is 9.84. The monoisotopic (exact) mass is 390 g/mol. The van der Waals surface area contributed by atoms with E-state index in [0.717, 1.165) is 30.6 Å². The van der Waals surface area contributed by atoms with Gasteiger partial charge in [-0.15, -0.1) is 0 Å². The SMILES string of the molecule is OCCCN[C@@H]1C[C@@H]2[C@H](C1)c1cc(C(F)(F)F)ccc1N[C@H]2c1ccccc1. The van der Waals surface area contributed by atoms with Crippen LogP contribution in [-0.2, 0) is 6.18 Å². The maximum Gasteiger partial charge on any atom is 0.416 e. The van der Waals surface area contributed by atoms with Gasteiger partial charge >= 0.3 is 6.18 Å². The molecule has 2 aromatic carbocycles. The molecular formula is C22H25F3N2O. The van der Waals surface area contributed by atoms with Gasteiger partial charge < -0.3 is 15.7 Å². The number of fused-ring (bicyclic) bond motifs is 3. The highest BCUT2D eigenvalue weighted by Crippen LogP contribution is 2.53. The van der Waals surface area contributed by atoms with E-state index in [4.69, 9.17) is 5.11 Å². The molecule has 2 aliphatic rings. The molecule has 0 unspecified atom stereocenters. The minimum absolute atomic E-state index is 0.0791. The van der Waals surface area contributed by atoms with Gasteiger partial charge in [-0.25, -0.2) is 0 Å². The molecule has 1 saturated carbocycles. The van der Waals surface area contributed by atoms with Crippen LogP contribution in [0.1, 0.15) is 47.9 Å². The number of hydrogen-bond acceptors (Lipinski definition) is 3. The first-order valence-electron chi connectivity index (χ1n) is 9.84. The van der Waals surface area contributed by atoms with E-state index >= 15 is 0 Å². The van der Waals surface area contributed by atoms with Crippen molar-refractivity contribution in [3.8, 4) is 0 Å². The van der Waals surface area contributed by atoms with Gasteiger partial charge in [-0.3, -0.25) is 0 Å². The van der Waals surface area contributed by atoms with E-state index in [1.807, 2.05) is 18.2 Å². The molecule has 3 N–H and O–H groups in total. The molecule has 4 rings (SSSR count). The molecule has 1 aliphatic carbocycles. The van der Waals surface area contributed by atoms with Crippen LogP contribution in [0.3, 0.4) is 0 Å². The van der Waals surface area contributed by atoms with E-state index in [0.29, 0.717) is 6.42 Å². The van der Waals surface area contributed by atoms with Crippen molar-refractivity contribution in [1.29, 1.82) is 0 Å². The Bertz CT molecular complexity index is 809. The molecule has 0 aromatic heterocycles. The molecule has 0 spiro atoms. The van der Waals surface area contributed by atoms with Gasteiger partial charge in [-0.2, -0.15) is 13.2 Å². The van der Waals surface area contributed by atoms with E-state index in [1.165, 1.54) is 17.7 Å². The molecule has 0 saturated heterocycles. The predicted molar refractivity (Wildman–Crippen MR) is 103 cm³/mol. The number of hydrogen-bond donors (Lipinski definition) is 3. The maximum atomic E-state index is 13.3. The molecule has 0 radical (unpaired) electrons. The highest BCUT2D eigenvalue weighted by atomic mass is 19.4. The van der Waals surface area contributed by atoms with E-state index in [-0.39, 0.29) is 30.5 Å². The molecule has 28 heavy (non-hydrogen) atoms. The van der Waals surface area contributed by atoms with Gasteiger partial charge in [0.2, 0.25) is 0 Å². The highest BCUT2D eigenvalue weighted by Gasteiger charge is 2.45. The summed E-state index contributed by atoms with van der Waals surface area (Å²) in [4.78, 5) is 0. The van der Waals surface area contributed by atoms with Gasteiger partial charge in [0.15, 0.2) is 0 Å². The van der Waals surface area contributed by atoms with Crippen LogP contribution in [-0.4, -0.2) is 24.3 Å². The lowest BCUT2D eigenvalue weighted by Crippen LogP contribution is -2.30. The van der Waals surface area contributed by atoms with Gasteiger partial charge in [-0.05, 0) is 67.0 Å². The van der Waals surface area contributed by atoms with Crippen molar-refractivity contribution in [2.75, 3.05) is 18.5 Å². The van der Waals surface area contributed by atoms with Crippen LogP contribution in [0.25, 0.3) is 0 Å². The Balaban J connectivity index is 1.67. The van der Waals surface area contributed by atoms with E-state index in [2.05, 4.69) is 22.8 Å². The summed E-state index contributed by atoms with van der Waals surface area (Å²) in [6.45, 7) is 0.859. The number of rotatable bonds is 5. The normalized spacial score (nSPS) is 26.4. The molecule has 0 amide bonds. The zero-order valence-electron chi connectivity index (χ0n) is 15.5. The van der Waals surface area contributed by atoms with Gasteiger partial charge in [0.05, 0.1) is 11.6 Å². The average molecular weight is 390 g/mol. The number of anilines is 1. The molecular weight excluding hydrogens is 365 g/mol. The zero-order valence-corrected chi connectivity index (χ0v) is 15.5. The Morgan fingerprint density at radius 1 is 1.07 bits per heavy atom. The largest absolute Gasteiger partial charge is 0.416 e. The van der Waals surface area contributed by atoms with Crippen molar-refractivity contribution in [2.45, 2.75) is 43.4 Å².